The molecule has 116 valence electrons. The zero-order valence-corrected chi connectivity index (χ0v) is 12.3. The molecule has 3 nitrogen and oxygen atoms in total. The summed E-state index contributed by atoms with van der Waals surface area (Å²) in [4.78, 5) is 12.0. The Kier molecular flexibility index (Phi) is 5.79. The Bertz CT molecular complexity index is 484. The van der Waals surface area contributed by atoms with Gasteiger partial charge in [-0.15, -0.1) is 11.6 Å². The second-order valence-corrected chi connectivity index (χ2v) is 5.86. The summed E-state index contributed by atoms with van der Waals surface area (Å²) >= 11 is 6.11. The van der Waals surface area contributed by atoms with Crippen LogP contribution in [-0.4, -0.2) is 24.4 Å². The molecule has 0 saturated heterocycles. The van der Waals surface area contributed by atoms with Crippen LogP contribution in [0.2, 0.25) is 0 Å². The Morgan fingerprint density at radius 3 is 2.95 bits per heavy atom. The number of amides is 1. The summed E-state index contributed by atoms with van der Waals surface area (Å²) in [5, 5.41) is 3.01. The summed E-state index contributed by atoms with van der Waals surface area (Å²) in [7, 11) is 0. The van der Waals surface area contributed by atoms with E-state index in [4.69, 9.17) is 11.6 Å². The molecule has 1 saturated carbocycles. The van der Waals surface area contributed by atoms with Crippen LogP contribution in [-0.2, 0) is 0 Å². The third-order valence-electron chi connectivity index (χ3n) is 3.59. The molecule has 0 aromatic heterocycles. The minimum Gasteiger partial charge on any atom is -0.435 e. The number of rotatable bonds is 5. The van der Waals surface area contributed by atoms with Crippen molar-refractivity contribution in [2.45, 2.75) is 37.7 Å². The largest absolute Gasteiger partial charge is 0.435 e. The van der Waals surface area contributed by atoms with Crippen LogP contribution in [0.1, 0.15) is 36.0 Å². The molecule has 2 unspecified atom stereocenters. The monoisotopic (exact) mass is 317 g/mol. The SMILES string of the molecule is O=C(NCC1CCCC(Cl)C1)c1cccc(OC(F)F)c1. The zero-order chi connectivity index (χ0) is 15.2. The molecule has 1 aromatic carbocycles. The van der Waals surface area contributed by atoms with Gasteiger partial charge >= 0.3 is 6.61 Å². The van der Waals surface area contributed by atoms with E-state index in [9.17, 15) is 13.6 Å². The van der Waals surface area contributed by atoms with Gasteiger partial charge in [-0.2, -0.15) is 8.78 Å². The van der Waals surface area contributed by atoms with Crippen LogP contribution >= 0.6 is 11.6 Å². The fourth-order valence-corrected chi connectivity index (χ4v) is 2.97. The molecule has 0 radical (unpaired) electrons. The van der Waals surface area contributed by atoms with Gasteiger partial charge in [-0.3, -0.25) is 4.79 Å². The van der Waals surface area contributed by atoms with Crippen molar-refractivity contribution >= 4 is 17.5 Å². The Morgan fingerprint density at radius 1 is 1.43 bits per heavy atom. The first-order valence-corrected chi connectivity index (χ1v) is 7.45. The van der Waals surface area contributed by atoms with Gasteiger partial charge in [0.15, 0.2) is 0 Å². The maximum atomic E-state index is 12.1. The normalized spacial score (nSPS) is 22.1. The Morgan fingerprint density at radius 2 is 2.24 bits per heavy atom. The minimum atomic E-state index is -2.90. The van der Waals surface area contributed by atoms with Gasteiger partial charge in [-0.25, -0.2) is 0 Å². The van der Waals surface area contributed by atoms with E-state index in [1.165, 1.54) is 18.2 Å². The third-order valence-corrected chi connectivity index (χ3v) is 3.99. The second kappa shape index (κ2) is 7.59. The summed E-state index contributed by atoms with van der Waals surface area (Å²) in [6.07, 6.45) is 4.06. The van der Waals surface area contributed by atoms with Crippen molar-refractivity contribution in [3.8, 4) is 5.75 Å². The first kappa shape index (κ1) is 16.0. The Balaban J connectivity index is 1.88. The zero-order valence-electron chi connectivity index (χ0n) is 11.5. The van der Waals surface area contributed by atoms with Gasteiger partial charge in [0, 0.05) is 17.5 Å². The fourth-order valence-electron chi connectivity index (χ4n) is 2.56. The van der Waals surface area contributed by atoms with Crippen LogP contribution in [0, 0.1) is 5.92 Å². The highest BCUT2D eigenvalue weighted by atomic mass is 35.5. The van der Waals surface area contributed by atoms with Crippen molar-refractivity contribution in [1.82, 2.24) is 5.32 Å². The maximum Gasteiger partial charge on any atom is 0.387 e. The molecule has 1 amide bonds. The molecule has 6 heteroatoms. The van der Waals surface area contributed by atoms with E-state index in [1.54, 1.807) is 6.07 Å². The van der Waals surface area contributed by atoms with Gasteiger partial charge in [0.25, 0.3) is 5.91 Å². The van der Waals surface area contributed by atoms with E-state index in [0.29, 0.717) is 18.0 Å². The molecule has 0 heterocycles. The summed E-state index contributed by atoms with van der Waals surface area (Å²) in [6.45, 7) is -2.34. The third kappa shape index (κ3) is 5.16. The first-order chi connectivity index (χ1) is 10.0. The smallest absolute Gasteiger partial charge is 0.387 e. The predicted molar refractivity (Wildman–Crippen MR) is 77.0 cm³/mol. The molecule has 21 heavy (non-hydrogen) atoms. The van der Waals surface area contributed by atoms with Crippen molar-refractivity contribution in [3.63, 3.8) is 0 Å². The molecule has 1 aliphatic carbocycles. The molecule has 2 rings (SSSR count). The molecule has 1 N–H and O–H groups in total. The highest BCUT2D eigenvalue weighted by Crippen LogP contribution is 2.27. The average molecular weight is 318 g/mol. The number of halogens is 3. The summed E-state index contributed by atoms with van der Waals surface area (Å²) < 4.78 is 28.6. The van der Waals surface area contributed by atoms with E-state index in [0.717, 1.165) is 25.7 Å². The van der Waals surface area contributed by atoms with Crippen molar-refractivity contribution in [2.75, 3.05) is 6.54 Å². The number of hydrogen-bond donors (Lipinski definition) is 1. The van der Waals surface area contributed by atoms with Gasteiger partial charge in [-0.05, 0) is 43.4 Å². The second-order valence-electron chi connectivity index (χ2n) is 5.25. The van der Waals surface area contributed by atoms with Crippen LogP contribution in [0.4, 0.5) is 8.78 Å². The standard InChI is InChI=1S/C15H18ClF2NO2/c16-12-5-1-3-10(7-12)9-19-14(20)11-4-2-6-13(8-11)21-15(17)18/h2,4,6,8,10,12,15H,1,3,5,7,9H2,(H,19,20). The molecular formula is C15H18ClF2NO2. The van der Waals surface area contributed by atoms with E-state index in [-0.39, 0.29) is 17.0 Å². The van der Waals surface area contributed by atoms with Gasteiger partial charge < -0.3 is 10.1 Å². The van der Waals surface area contributed by atoms with E-state index in [1.807, 2.05) is 0 Å². The van der Waals surface area contributed by atoms with Gasteiger partial charge in [-0.1, -0.05) is 12.5 Å². The van der Waals surface area contributed by atoms with Crippen molar-refractivity contribution in [2.24, 2.45) is 5.92 Å². The molecule has 0 spiro atoms. The van der Waals surface area contributed by atoms with E-state index in [2.05, 4.69) is 10.1 Å². The predicted octanol–water partition coefficient (Wildman–Crippen LogP) is 3.82. The molecule has 2 atom stereocenters. The van der Waals surface area contributed by atoms with Crippen LogP contribution in [0.15, 0.2) is 24.3 Å². The van der Waals surface area contributed by atoms with E-state index < -0.39 is 6.61 Å². The van der Waals surface area contributed by atoms with Crippen molar-refractivity contribution in [3.05, 3.63) is 29.8 Å². The molecule has 1 fully saturated rings. The highest BCUT2D eigenvalue weighted by Gasteiger charge is 2.21. The number of nitrogens with one attached hydrogen (secondary N) is 1. The Labute approximate surface area is 127 Å². The highest BCUT2D eigenvalue weighted by molar-refractivity contribution is 6.20. The Hall–Kier alpha value is -1.36. The number of carbonyl (C=O) groups is 1. The van der Waals surface area contributed by atoms with Crippen LogP contribution in [0.5, 0.6) is 5.75 Å². The summed E-state index contributed by atoms with van der Waals surface area (Å²) in [5.41, 5.74) is 0.311. The lowest BCUT2D eigenvalue weighted by Gasteiger charge is -2.25. The van der Waals surface area contributed by atoms with E-state index >= 15 is 0 Å². The lowest BCUT2D eigenvalue weighted by molar-refractivity contribution is -0.0498. The number of alkyl halides is 3. The van der Waals surface area contributed by atoms with Gasteiger partial charge in [0.1, 0.15) is 5.75 Å². The molecule has 1 aliphatic rings. The van der Waals surface area contributed by atoms with Crippen LogP contribution in [0.3, 0.4) is 0 Å². The number of carbonyl (C=O) groups excluding carboxylic acids is 1. The van der Waals surface area contributed by atoms with Crippen LogP contribution in [0.25, 0.3) is 0 Å². The van der Waals surface area contributed by atoms with Crippen LogP contribution < -0.4 is 10.1 Å². The lowest BCUT2D eigenvalue weighted by atomic mass is 9.89. The quantitative estimate of drug-likeness (QED) is 0.839. The topological polar surface area (TPSA) is 38.3 Å². The van der Waals surface area contributed by atoms with Crippen molar-refractivity contribution < 1.29 is 18.3 Å². The molecule has 0 bridgehead atoms. The number of benzene rings is 1. The molecule has 0 aliphatic heterocycles. The molecular weight excluding hydrogens is 300 g/mol. The summed E-state index contributed by atoms with van der Waals surface area (Å²) in [6, 6.07) is 5.79. The van der Waals surface area contributed by atoms with Gasteiger partial charge in [0.05, 0.1) is 0 Å². The summed E-state index contributed by atoms with van der Waals surface area (Å²) in [5.74, 6) is 0.0771. The molecule has 1 aromatic rings. The lowest BCUT2D eigenvalue weighted by Crippen LogP contribution is -2.32. The maximum absolute atomic E-state index is 12.1. The number of hydrogen-bond acceptors (Lipinski definition) is 2. The number of ether oxygens (including phenoxy) is 1. The van der Waals surface area contributed by atoms with Gasteiger partial charge in [0.2, 0.25) is 0 Å². The fraction of sp³-hybridized carbons (Fsp3) is 0.533. The average Bonchev–Trinajstić information content (AvgIpc) is 2.44. The minimum absolute atomic E-state index is 0.0175. The first-order valence-electron chi connectivity index (χ1n) is 7.01. The van der Waals surface area contributed by atoms with Crippen molar-refractivity contribution in [1.29, 1.82) is 0 Å².